The minimum Gasteiger partial charge on any atom is -0.325 e. The fourth-order valence-corrected chi connectivity index (χ4v) is 10.4. The Morgan fingerprint density at radius 1 is 1.00 bits per heavy atom. The molecule has 0 saturated heterocycles. The smallest absolute Gasteiger partial charge is 0.308 e. The van der Waals surface area contributed by atoms with Crippen molar-refractivity contribution in [2.75, 3.05) is 5.32 Å². The van der Waals surface area contributed by atoms with Crippen molar-refractivity contribution in [3.05, 3.63) is 90.8 Å². The fourth-order valence-electron chi connectivity index (χ4n) is 6.81. The number of benzene rings is 3. The Bertz CT molecular complexity index is 1610. The largest absolute Gasteiger partial charge is 0.325 e. The molecule has 3 aromatic carbocycles. The van der Waals surface area contributed by atoms with E-state index in [1.165, 1.54) is 30.6 Å². The summed E-state index contributed by atoms with van der Waals surface area (Å²) in [5, 5.41) is 7.65. The second kappa shape index (κ2) is 9.19. The third kappa shape index (κ3) is 3.95. The number of carbonyl (C=O) groups is 1. The van der Waals surface area contributed by atoms with E-state index in [-0.39, 0.29) is 23.2 Å². The highest BCUT2D eigenvalue weighted by Crippen LogP contribution is 2.64. The maximum atomic E-state index is 13.3. The van der Waals surface area contributed by atoms with Gasteiger partial charge in [0, 0.05) is 21.7 Å². The van der Waals surface area contributed by atoms with Crippen molar-refractivity contribution in [1.82, 2.24) is 4.57 Å². The maximum Gasteiger partial charge on any atom is 0.308 e. The van der Waals surface area contributed by atoms with Gasteiger partial charge in [0.1, 0.15) is 6.54 Å². The number of carbonyl (C=O) groups excluding carboxylic acids is 1. The monoisotopic (exact) mass is 566 g/mol. The standard InChI is InChI=1S/C29H24Cl2N2O2S2/c30-21-7-3-6-20(25(21)31)24-23-17-8-9-18(12-17)26(23)36-28-27(24)37-29(35)33(28)14-22(34)32-19-11-10-15-4-1-2-5-16(15)13-19/h1-7,10-11,13,17-18,23-24,26H,8-9,12,14H2,(H,32,34). The van der Waals surface area contributed by atoms with E-state index < -0.39 is 0 Å². The maximum absolute atomic E-state index is 13.3. The van der Waals surface area contributed by atoms with E-state index in [1.54, 1.807) is 4.57 Å². The number of fused-ring (bicyclic) bond motifs is 7. The molecule has 5 atom stereocenters. The number of hydrogen-bond donors (Lipinski definition) is 1. The summed E-state index contributed by atoms with van der Waals surface area (Å²) in [6.07, 6.45) is 3.71. The zero-order valence-electron chi connectivity index (χ0n) is 19.8. The summed E-state index contributed by atoms with van der Waals surface area (Å²) in [5.74, 6) is 1.54. The molecule has 1 amide bonds. The Hall–Kier alpha value is -2.25. The van der Waals surface area contributed by atoms with Crippen LogP contribution in [0.25, 0.3) is 10.8 Å². The molecule has 8 heteroatoms. The summed E-state index contributed by atoms with van der Waals surface area (Å²) in [5.41, 5.74) is 1.73. The first-order valence-electron chi connectivity index (χ1n) is 12.6. The summed E-state index contributed by atoms with van der Waals surface area (Å²) < 4.78 is 1.68. The van der Waals surface area contributed by atoms with Crippen molar-refractivity contribution in [1.29, 1.82) is 0 Å². The van der Waals surface area contributed by atoms with Gasteiger partial charge >= 0.3 is 4.87 Å². The summed E-state index contributed by atoms with van der Waals surface area (Å²) in [6.45, 7) is -0.00796. The minimum atomic E-state index is -0.203. The van der Waals surface area contributed by atoms with Gasteiger partial charge in [0.25, 0.3) is 0 Å². The fraction of sp³-hybridized carbons (Fsp3) is 0.310. The molecule has 2 bridgehead atoms. The highest BCUT2D eigenvalue weighted by atomic mass is 35.5. The Balaban J connectivity index is 1.24. The van der Waals surface area contributed by atoms with E-state index in [0.29, 0.717) is 33.0 Å². The number of aromatic nitrogens is 1. The van der Waals surface area contributed by atoms with Gasteiger partial charge in [-0.2, -0.15) is 0 Å². The summed E-state index contributed by atoms with van der Waals surface area (Å²) in [7, 11) is 0. The van der Waals surface area contributed by atoms with Crippen LogP contribution in [-0.4, -0.2) is 15.7 Å². The number of rotatable bonds is 4. The molecule has 4 nitrogen and oxygen atoms in total. The number of hydrogen-bond acceptors (Lipinski definition) is 4. The van der Waals surface area contributed by atoms with Crippen molar-refractivity contribution in [3.8, 4) is 0 Å². The molecule has 1 aromatic heterocycles. The van der Waals surface area contributed by atoms with Crippen molar-refractivity contribution in [3.63, 3.8) is 0 Å². The van der Waals surface area contributed by atoms with Crippen molar-refractivity contribution < 1.29 is 4.79 Å². The minimum absolute atomic E-state index is 0.00796. The number of halogens is 2. The third-order valence-electron chi connectivity index (χ3n) is 8.34. The lowest BCUT2D eigenvalue weighted by Crippen LogP contribution is -2.35. The average molecular weight is 568 g/mol. The van der Waals surface area contributed by atoms with Crippen LogP contribution in [0.2, 0.25) is 10.0 Å². The lowest BCUT2D eigenvalue weighted by Gasteiger charge is -2.40. The molecule has 2 aliphatic carbocycles. The molecule has 188 valence electrons. The molecule has 4 aromatic rings. The first-order valence-corrected chi connectivity index (χ1v) is 15.1. The second-order valence-corrected chi connectivity index (χ2v) is 13.3. The predicted molar refractivity (Wildman–Crippen MR) is 153 cm³/mol. The van der Waals surface area contributed by atoms with Crippen LogP contribution in [0.3, 0.4) is 0 Å². The molecular formula is C29H24Cl2N2O2S2. The number of amides is 1. The predicted octanol–water partition coefficient (Wildman–Crippen LogP) is 7.66. The topological polar surface area (TPSA) is 51.1 Å². The van der Waals surface area contributed by atoms with Gasteiger partial charge < -0.3 is 5.32 Å². The normalized spacial score (nSPS) is 25.7. The Labute approximate surface area is 233 Å². The van der Waals surface area contributed by atoms with Crippen LogP contribution in [0.5, 0.6) is 0 Å². The van der Waals surface area contributed by atoms with E-state index in [4.69, 9.17) is 23.2 Å². The van der Waals surface area contributed by atoms with Gasteiger partial charge in [-0.15, -0.1) is 11.8 Å². The Morgan fingerprint density at radius 2 is 1.81 bits per heavy atom. The van der Waals surface area contributed by atoms with Crippen LogP contribution in [0.1, 0.15) is 35.6 Å². The molecule has 2 fully saturated rings. The Kier molecular flexibility index (Phi) is 5.92. The molecule has 1 aliphatic heterocycles. The molecule has 3 aliphatic rings. The van der Waals surface area contributed by atoms with Crippen LogP contribution >= 0.6 is 46.3 Å². The van der Waals surface area contributed by atoms with Crippen LogP contribution < -0.4 is 10.2 Å². The van der Waals surface area contributed by atoms with Gasteiger partial charge in [-0.05, 0) is 71.6 Å². The van der Waals surface area contributed by atoms with E-state index in [2.05, 4.69) is 11.4 Å². The molecule has 1 N–H and O–H groups in total. The second-order valence-electron chi connectivity index (χ2n) is 10.3. The number of anilines is 1. The number of nitrogens with one attached hydrogen (secondary N) is 1. The van der Waals surface area contributed by atoms with Crippen molar-refractivity contribution in [2.45, 2.75) is 42.0 Å². The van der Waals surface area contributed by atoms with Gasteiger partial charge in [-0.25, -0.2) is 0 Å². The van der Waals surface area contributed by atoms with Gasteiger partial charge in [-0.1, -0.05) is 77.0 Å². The van der Waals surface area contributed by atoms with Gasteiger partial charge in [-0.3, -0.25) is 14.2 Å². The quantitative estimate of drug-likeness (QED) is 0.276. The van der Waals surface area contributed by atoms with E-state index in [1.807, 2.05) is 66.4 Å². The molecule has 37 heavy (non-hydrogen) atoms. The third-order valence-corrected chi connectivity index (χ3v) is 12.0. The zero-order chi connectivity index (χ0) is 25.3. The van der Waals surface area contributed by atoms with Crippen LogP contribution in [0.15, 0.2) is 70.5 Å². The first kappa shape index (κ1) is 23.8. The van der Waals surface area contributed by atoms with E-state index in [9.17, 15) is 9.59 Å². The number of nitrogens with zero attached hydrogens (tertiary/aromatic N) is 1. The van der Waals surface area contributed by atoms with Crippen LogP contribution in [-0.2, 0) is 11.3 Å². The Morgan fingerprint density at radius 3 is 2.68 bits per heavy atom. The first-order chi connectivity index (χ1) is 18.0. The zero-order valence-corrected chi connectivity index (χ0v) is 23.0. The lowest BCUT2D eigenvalue weighted by atomic mass is 9.75. The SMILES string of the molecule is O=C(Cn1c2c(sc1=O)C(c1cccc(Cl)c1Cl)C1C3CCC(C3)C1S2)Nc1ccc2ccccc2c1. The molecule has 2 saturated carbocycles. The molecule has 0 spiro atoms. The molecule has 0 radical (unpaired) electrons. The lowest BCUT2D eigenvalue weighted by molar-refractivity contribution is -0.116. The van der Waals surface area contributed by atoms with Crippen LogP contribution in [0.4, 0.5) is 5.69 Å². The van der Waals surface area contributed by atoms with E-state index >= 15 is 0 Å². The highest BCUT2D eigenvalue weighted by Gasteiger charge is 2.55. The van der Waals surface area contributed by atoms with Gasteiger partial charge in [0.15, 0.2) is 0 Å². The summed E-state index contributed by atoms with van der Waals surface area (Å²) >= 11 is 16.3. The van der Waals surface area contributed by atoms with Crippen molar-refractivity contribution in [2.24, 2.45) is 17.8 Å². The van der Waals surface area contributed by atoms with Gasteiger partial charge in [0.05, 0.1) is 15.1 Å². The van der Waals surface area contributed by atoms with Crippen molar-refractivity contribution >= 4 is 68.7 Å². The molecule has 7 rings (SSSR count). The average Bonchev–Trinajstić information content (AvgIpc) is 3.59. The number of thioether (sulfide) groups is 1. The highest BCUT2D eigenvalue weighted by molar-refractivity contribution is 8.00. The van der Waals surface area contributed by atoms with Crippen LogP contribution in [0, 0.1) is 17.8 Å². The van der Waals surface area contributed by atoms with E-state index in [0.717, 1.165) is 31.9 Å². The summed E-state index contributed by atoms with van der Waals surface area (Å²) in [6, 6.07) is 19.7. The number of thiazole rings is 1. The summed E-state index contributed by atoms with van der Waals surface area (Å²) in [4.78, 5) is 27.4. The van der Waals surface area contributed by atoms with Gasteiger partial charge in [0.2, 0.25) is 5.91 Å². The molecule has 5 unspecified atom stereocenters. The molecule has 2 heterocycles. The molecular weight excluding hydrogens is 543 g/mol.